The molecule has 2 N–H and O–H groups in total. The number of nitrogens with zero attached hydrogens (tertiary/aromatic N) is 3. The van der Waals surface area contributed by atoms with Crippen LogP contribution in [0.3, 0.4) is 0 Å². The fraction of sp³-hybridized carbons (Fsp3) is 0.458. The molecule has 1 aromatic carbocycles. The van der Waals surface area contributed by atoms with E-state index in [4.69, 9.17) is 20.2 Å². The van der Waals surface area contributed by atoms with E-state index in [2.05, 4.69) is 51.9 Å². The standard InChI is InChI=1S/C24H28B2N4O2/c1-14-9-22(6-5-20(14)31-2)10-17-4-3-16(18-7-15(11-27)12-29-13-18)8-19(17)23(22)24(25,26)32-21(28)30-23/h3-4,7-8,12-14,20H,5-6,9-10,25-26H2,1-2H3,(H2,28,30)/t14-,20-,22-,23-/m0/s1. The number of hydrogen-bond acceptors (Lipinski definition) is 6. The van der Waals surface area contributed by atoms with Gasteiger partial charge in [0.15, 0.2) is 15.7 Å². The van der Waals surface area contributed by atoms with Gasteiger partial charge in [-0.25, -0.2) is 4.99 Å². The molecule has 32 heavy (non-hydrogen) atoms. The predicted molar refractivity (Wildman–Crippen MR) is 129 cm³/mol. The molecular weight excluding hydrogens is 398 g/mol. The van der Waals surface area contributed by atoms with Crippen LogP contribution in [0.15, 0.2) is 41.7 Å². The van der Waals surface area contributed by atoms with Crippen molar-refractivity contribution < 1.29 is 9.47 Å². The number of ether oxygens (including phenoxy) is 2. The molecule has 0 bridgehead atoms. The highest BCUT2D eigenvalue weighted by molar-refractivity contribution is 6.41. The van der Waals surface area contributed by atoms with Gasteiger partial charge in [-0.15, -0.1) is 0 Å². The molecule has 6 nitrogen and oxygen atoms in total. The number of fused-ring (bicyclic) bond motifs is 3. The van der Waals surface area contributed by atoms with E-state index in [0.717, 1.165) is 36.8 Å². The number of aliphatic imine (C=N–C) groups is 1. The van der Waals surface area contributed by atoms with Gasteiger partial charge in [-0.1, -0.05) is 19.1 Å². The van der Waals surface area contributed by atoms with E-state index < -0.39 is 10.9 Å². The quantitative estimate of drug-likeness (QED) is 0.735. The second-order valence-corrected chi connectivity index (χ2v) is 10.2. The summed E-state index contributed by atoms with van der Waals surface area (Å²) in [5.74, 6) is 0.420. The fourth-order valence-corrected chi connectivity index (χ4v) is 6.88. The Hall–Kier alpha value is -2.78. The maximum absolute atomic E-state index is 9.31. The first-order valence-electron chi connectivity index (χ1n) is 11.3. The Kier molecular flexibility index (Phi) is 4.69. The second-order valence-electron chi connectivity index (χ2n) is 10.2. The van der Waals surface area contributed by atoms with Crippen molar-refractivity contribution in [3.05, 3.63) is 53.3 Å². The first-order valence-corrected chi connectivity index (χ1v) is 11.3. The zero-order valence-electron chi connectivity index (χ0n) is 19.2. The molecule has 0 radical (unpaired) electrons. The summed E-state index contributed by atoms with van der Waals surface area (Å²) in [6, 6.07) is 10.9. The lowest BCUT2D eigenvalue weighted by molar-refractivity contribution is -0.0559. The highest BCUT2D eigenvalue weighted by atomic mass is 16.5. The van der Waals surface area contributed by atoms with Gasteiger partial charge in [0.25, 0.3) is 6.02 Å². The minimum Gasteiger partial charge on any atom is -0.475 e. The summed E-state index contributed by atoms with van der Waals surface area (Å²) < 4.78 is 12.0. The number of aromatic nitrogens is 1. The normalized spacial score (nSPS) is 32.3. The highest BCUT2D eigenvalue weighted by Gasteiger charge is 2.68. The van der Waals surface area contributed by atoms with E-state index in [1.54, 1.807) is 12.4 Å². The number of benzene rings is 1. The van der Waals surface area contributed by atoms with Gasteiger partial charge in [0.1, 0.15) is 11.6 Å². The van der Waals surface area contributed by atoms with Crippen molar-refractivity contribution in [1.29, 1.82) is 5.26 Å². The third-order valence-corrected chi connectivity index (χ3v) is 8.06. The molecule has 2 aliphatic carbocycles. The molecule has 0 amide bonds. The highest BCUT2D eigenvalue weighted by Crippen LogP contribution is 2.65. The van der Waals surface area contributed by atoms with Crippen molar-refractivity contribution in [2.75, 3.05) is 7.11 Å². The zero-order chi connectivity index (χ0) is 22.7. The van der Waals surface area contributed by atoms with Crippen LogP contribution in [0.2, 0.25) is 0 Å². The molecule has 8 heteroatoms. The number of rotatable bonds is 2. The molecule has 1 saturated carbocycles. The number of pyridine rings is 1. The van der Waals surface area contributed by atoms with Crippen LogP contribution < -0.4 is 5.73 Å². The van der Waals surface area contributed by atoms with E-state index in [9.17, 15) is 5.26 Å². The molecule has 0 saturated heterocycles. The van der Waals surface area contributed by atoms with Gasteiger partial charge >= 0.3 is 0 Å². The molecule has 2 spiro atoms. The molecule has 4 atom stereocenters. The molecule has 1 aliphatic heterocycles. The largest absolute Gasteiger partial charge is 0.475 e. The molecule has 1 fully saturated rings. The molecule has 2 heterocycles. The first kappa shape index (κ1) is 21.1. The van der Waals surface area contributed by atoms with Gasteiger partial charge in [0.05, 0.1) is 17.1 Å². The summed E-state index contributed by atoms with van der Waals surface area (Å²) in [4.78, 5) is 9.37. The maximum Gasteiger partial charge on any atom is 0.282 e. The van der Waals surface area contributed by atoms with E-state index in [1.165, 1.54) is 11.1 Å². The Morgan fingerprint density at radius 2 is 2.06 bits per heavy atom. The average molecular weight is 426 g/mol. The van der Waals surface area contributed by atoms with Crippen molar-refractivity contribution in [3.63, 3.8) is 0 Å². The Morgan fingerprint density at radius 3 is 2.72 bits per heavy atom. The third kappa shape index (κ3) is 2.77. The number of nitrogens with two attached hydrogens (primary N) is 1. The Labute approximate surface area is 191 Å². The monoisotopic (exact) mass is 426 g/mol. The van der Waals surface area contributed by atoms with Gasteiger partial charge in [-0.3, -0.25) is 4.98 Å². The molecule has 1 aromatic heterocycles. The molecule has 5 rings (SSSR count). The van der Waals surface area contributed by atoms with E-state index in [-0.39, 0.29) is 17.5 Å². The fourth-order valence-electron chi connectivity index (χ4n) is 6.88. The first-order chi connectivity index (χ1) is 15.2. The maximum atomic E-state index is 9.31. The molecular formula is C24H28B2N4O2. The average Bonchev–Trinajstić information content (AvgIpc) is 3.18. The minimum atomic E-state index is -0.576. The van der Waals surface area contributed by atoms with Gasteiger partial charge in [0.2, 0.25) is 0 Å². The zero-order valence-corrected chi connectivity index (χ0v) is 19.2. The van der Waals surface area contributed by atoms with Crippen LogP contribution in [0.25, 0.3) is 11.1 Å². The van der Waals surface area contributed by atoms with E-state index in [0.29, 0.717) is 11.5 Å². The summed E-state index contributed by atoms with van der Waals surface area (Å²) in [7, 11) is 6.04. The van der Waals surface area contributed by atoms with Crippen LogP contribution in [-0.4, -0.2) is 45.3 Å². The topological polar surface area (TPSA) is 93.5 Å². The molecule has 0 unspecified atom stereocenters. The minimum absolute atomic E-state index is 0.0836. The van der Waals surface area contributed by atoms with Gasteiger partial charge in [0, 0.05) is 30.5 Å². The summed E-state index contributed by atoms with van der Waals surface area (Å²) in [5.41, 5.74) is 10.6. The summed E-state index contributed by atoms with van der Waals surface area (Å²) in [6.07, 6.45) is 7.62. The van der Waals surface area contributed by atoms with Crippen molar-refractivity contribution in [1.82, 2.24) is 4.98 Å². The lowest BCUT2D eigenvalue weighted by Crippen LogP contribution is -2.60. The Bertz CT molecular complexity index is 1160. The predicted octanol–water partition coefficient (Wildman–Crippen LogP) is 1.46. The van der Waals surface area contributed by atoms with E-state index in [1.807, 2.05) is 13.2 Å². The second kappa shape index (κ2) is 7.11. The van der Waals surface area contributed by atoms with E-state index >= 15 is 0 Å². The van der Waals surface area contributed by atoms with Gasteiger partial charge in [-0.2, -0.15) is 5.26 Å². The third-order valence-electron chi connectivity index (χ3n) is 8.06. The summed E-state index contributed by atoms with van der Waals surface area (Å²) in [6.45, 7) is 2.28. The summed E-state index contributed by atoms with van der Waals surface area (Å²) in [5, 5.41) is 8.74. The number of hydrogen-bond donors (Lipinski definition) is 1. The molecule has 3 aliphatic rings. The van der Waals surface area contributed by atoms with Crippen LogP contribution in [0.4, 0.5) is 0 Å². The number of nitriles is 1. The van der Waals surface area contributed by atoms with Crippen LogP contribution in [0.5, 0.6) is 0 Å². The van der Waals surface area contributed by atoms with Gasteiger partial charge in [-0.05, 0) is 60.4 Å². The SMILES string of the molecule is BC1(B)OC(N)=N[C@]12c1cc(-c3cncc(C#N)c3)ccc1C[C@@]21CC[C@H](OC)[C@@H](C)C1. The molecule has 2 aromatic rings. The van der Waals surface area contributed by atoms with Crippen molar-refractivity contribution >= 4 is 21.7 Å². The summed E-state index contributed by atoms with van der Waals surface area (Å²) >= 11 is 0. The van der Waals surface area contributed by atoms with Crippen LogP contribution in [-0.2, 0) is 21.4 Å². The van der Waals surface area contributed by atoms with Gasteiger partial charge < -0.3 is 15.2 Å². The van der Waals surface area contributed by atoms with Crippen LogP contribution >= 0.6 is 0 Å². The van der Waals surface area contributed by atoms with Crippen LogP contribution in [0, 0.1) is 22.7 Å². The lowest BCUT2D eigenvalue weighted by atomic mass is 9.44. The Morgan fingerprint density at radius 1 is 1.25 bits per heavy atom. The molecule has 162 valence electrons. The van der Waals surface area contributed by atoms with Crippen molar-refractivity contribution in [3.8, 4) is 17.2 Å². The smallest absolute Gasteiger partial charge is 0.282 e. The number of amidine groups is 1. The van der Waals surface area contributed by atoms with Crippen molar-refractivity contribution in [2.24, 2.45) is 22.1 Å². The van der Waals surface area contributed by atoms with Crippen LogP contribution in [0.1, 0.15) is 42.9 Å². The lowest BCUT2D eigenvalue weighted by Gasteiger charge is -2.53. The number of methoxy groups -OCH3 is 1. The Balaban J connectivity index is 1.69. The van der Waals surface area contributed by atoms with Crippen molar-refractivity contribution in [2.45, 2.75) is 49.6 Å².